The number of hydroxylamine groups is 2. The Labute approximate surface area is 301 Å². The van der Waals surface area contributed by atoms with Crippen LogP contribution in [0.5, 0.6) is 0 Å². The highest BCUT2D eigenvalue weighted by Crippen LogP contribution is 2.50. The molecule has 18 nitrogen and oxygen atoms in total. The lowest BCUT2D eigenvalue weighted by Gasteiger charge is -2.22. The van der Waals surface area contributed by atoms with Crippen LogP contribution in [0, 0.1) is 11.3 Å². The molecule has 1 aromatic heterocycles. The highest BCUT2D eigenvalue weighted by molar-refractivity contribution is 9.10. The maximum atomic E-state index is 13.5. The molecule has 2 amide bonds. The zero-order valence-electron chi connectivity index (χ0n) is 28.2. The third-order valence-corrected chi connectivity index (χ3v) is 9.74. The highest BCUT2D eigenvalue weighted by Gasteiger charge is 2.42. The van der Waals surface area contributed by atoms with Crippen molar-refractivity contribution in [3.05, 3.63) is 31.5 Å². The number of ether oxygens (including phenoxy) is 2. The molecule has 0 spiro atoms. The Morgan fingerprint density at radius 2 is 1.59 bits per heavy atom. The molecule has 4 atom stereocenters. The maximum Gasteiger partial charge on any atom is 0.474 e. The lowest BCUT2D eigenvalue weighted by Crippen LogP contribution is -2.32. The number of phosphoric ester groups is 1. The summed E-state index contributed by atoms with van der Waals surface area (Å²) >= 11 is 3.06. The summed E-state index contributed by atoms with van der Waals surface area (Å²) in [4.78, 5) is 90.1. The van der Waals surface area contributed by atoms with Crippen LogP contribution in [0.15, 0.2) is 20.3 Å². The Kier molecular flexibility index (Phi) is 17.3. The Morgan fingerprint density at radius 3 is 2.25 bits per heavy atom. The van der Waals surface area contributed by atoms with Gasteiger partial charge >= 0.3 is 25.5 Å². The number of esters is 1. The molecule has 0 saturated carbocycles. The highest BCUT2D eigenvalue weighted by atomic mass is 79.9. The fraction of sp³-hybridized carbons (Fsp3) is 0.677. The normalized spacial score (nSPS) is 19.9. The molecule has 3 rings (SSSR count). The number of ketones is 1. The van der Waals surface area contributed by atoms with E-state index in [0.29, 0.717) is 24.3 Å². The number of carbonyl (C=O) groups is 5. The van der Waals surface area contributed by atoms with Crippen LogP contribution >= 0.6 is 23.8 Å². The summed E-state index contributed by atoms with van der Waals surface area (Å²) < 4.78 is 42.5. The molecule has 1 aromatic rings. The van der Waals surface area contributed by atoms with Crippen molar-refractivity contribution in [2.75, 3.05) is 19.8 Å². The number of phosphoric acid groups is 1. The Morgan fingerprint density at radius 1 is 0.941 bits per heavy atom. The molecule has 20 heteroatoms. The van der Waals surface area contributed by atoms with Crippen molar-refractivity contribution in [3.63, 3.8) is 0 Å². The van der Waals surface area contributed by atoms with Crippen molar-refractivity contribution in [2.45, 2.75) is 115 Å². The third-order valence-electron chi connectivity index (χ3n) is 7.71. The Bertz CT molecular complexity index is 1590. The van der Waals surface area contributed by atoms with Crippen molar-refractivity contribution in [3.8, 4) is 6.07 Å². The van der Waals surface area contributed by atoms with Gasteiger partial charge in [-0.25, -0.2) is 14.2 Å². The first-order chi connectivity index (χ1) is 24.3. The maximum absolute atomic E-state index is 13.5. The van der Waals surface area contributed by atoms with Gasteiger partial charge in [0.25, 0.3) is 17.4 Å². The van der Waals surface area contributed by atoms with Gasteiger partial charge in [0.1, 0.15) is 24.2 Å². The fourth-order valence-corrected chi connectivity index (χ4v) is 6.58. The lowest BCUT2D eigenvalue weighted by molar-refractivity contribution is -0.197. The van der Waals surface area contributed by atoms with Crippen LogP contribution < -0.4 is 11.2 Å². The van der Waals surface area contributed by atoms with Gasteiger partial charge in [-0.05, 0) is 35.7 Å². The van der Waals surface area contributed by atoms with Crippen molar-refractivity contribution < 1.29 is 56.4 Å². The summed E-state index contributed by atoms with van der Waals surface area (Å²) in [6, 6.07) is 1.87. The van der Waals surface area contributed by atoms with E-state index in [1.807, 2.05) is 6.07 Å². The number of nitrogens with one attached hydrogen (secondary N) is 1. The minimum atomic E-state index is -4.23. The van der Waals surface area contributed by atoms with Crippen molar-refractivity contribution in [1.29, 1.82) is 5.26 Å². The lowest BCUT2D eigenvalue weighted by atomic mass is 10.1. The number of nitrogens with zero attached hydrogens (tertiary/aromatic N) is 3. The average molecular weight is 806 g/mol. The van der Waals surface area contributed by atoms with Gasteiger partial charge in [0.15, 0.2) is 0 Å². The van der Waals surface area contributed by atoms with E-state index in [1.54, 1.807) is 0 Å². The number of nitriles is 1. The molecule has 1 N–H and O–H groups in total. The van der Waals surface area contributed by atoms with E-state index in [0.717, 1.165) is 30.3 Å². The predicted molar refractivity (Wildman–Crippen MR) is 177 cm³/mol. The van der Waals surface area contributed by atoms with Gasteiger partial charge in [0.2, 0.25) is 0 Å². The van der Waals surface area contributed by atoms with Crippen LogP contribution in [0.4, 0.5) is 0 Å². The van der Waals surface area contributed by atoms with E-state index < -0.39 is 67.9 Å². The molecule has 0 radical (unpaired) electrons. The monoisotopic (exact) mass is 804 g/mol. The molecular weight excluding hydrogens is 763 g/mol. The van der Waals surface area contributed by atoms with Gasteiger partial charge in [0.05, 0.1) is 43.2 Å². The number of Topliss-reactive ketones (excluding diaryl/α,β-unsaturated/α-hetero) is 1. The first-order valence-corrected chi connectivity index (χ1v) is 18.9. The number of hydrogen-bond donors (Lipinski definition) is 1. The van der Waals surface area contributed by atoms with E-state index >= 15 is 0 Å². The molecule has 4 unspecified atom stereocenters. The molecule has 0 bridgehead atoms. The van der Waals surface area contributed by atoms with E-state index in [4.69, 9.17) is 33.1 Å². The molecule has 0 aliphatic carbocycles. The van der Waals surface area contributed by atoms with Crippen molar-refractivity contribution >= 4 is 53.3 Å². The van der Waals surface area contributed by atoms with Crippen LogP contribution in [0.2, 0.25) is 0 Å². The second-order valence-electron chi connectivity index (χ2n) is 11.8. The second-order valence-corrected chi connectivity index (χ2v) is 14.3. The number of aromatic nitrogens is 2. The number of hydrogen-bond acceptors (Lipinski definition) is 15. The van der Waals surface area contributed by atoms with Gasteiger partial charge in [-0.3, -0.25) is 42.3 Å². The van der Waals surface area contributed by atoms with Crippen LogP contribution in [0.1, 0.15) is 103 Å². The first-order valence-electron chi connectivity index (χ1n) is 16.6. The smallest absolute Gasteiger partial charge is 0.459 e. The summed E-state index contributed by atoms with van der Waals surface area (Å²) in [6.45, 7) is 0.634. The quantitative estimate of drug-likeness (QED) is 0.0718. The number of carbonyl (C=O) groups excluding carboxylic acids is 5. The molecule has 2 aliphatic heterocycles. The van der Waals surface area contributed by atoms with Crippen molar-refractivity contribution in [2.24, 2.45) is 0 Å². The predicted octanol–water partition coefficient (Wildman–Crippen LogP) is 3.67. The number of H-pyrrole nitrogens is 1. The molecule has 2 fully saturated rings. The summed E-state index contributed by atoms with van der Waals surface area (Å²) in [5, 5.41) is 9.46. The van der Waals surface area contributed by atoms with Crippen LogP contribution in [0.3, 0.4) is 0 Å². The van der Waals surface area contributed by atoms with Gasteiger partial charge in [-0.15, -0.1) is 5.06 Å². The van der Waals surface area contributed by atoms with Gasteiger partial charge in [-0.2, -0.15) is 5.26 Å². The summed E-state index contributed by atoms with van der Waals surface area (Å²) in [7, 11) is -4.23. The fourth-order valence-electron chi connectivity index (χ4n) is 5.04. The Hall–Kier alpha value is -3.53. The number of halogens is 1. The minimum absolute atomic E-state index is 0.00201. The topological polar surface area (TPSA) is 240 Å². The minimum Gasteiger partial charge on any atom is -0.459 e. The SMILES string of the molecule is CC(=O)CCC(=O)OC1CC(n2cc(Br)c(=O)[nH]c2=O)OC1COP(=O)(OCCC#N)OCCCCCCCCCC(=O)ON1C(=O)CCC1=O. The zero-order chi connectivity index (χ0) is 37.4. The van der Waals surface area contributed by atoms with Crippen LogP contribution in [-0.2, 0) is 56.4 Å². The van der Waals surface area contributed by atoms with E-state index in [9.17, 15) is 38.1 Å². The zero-order valence-corrected chi connectivity index (χ0v) is 30.7. The standard InChI is InChI=1S/C31H42BrN4O14P/c1-21(37)11-14-28(40)49-23-18-27(35-19-22(32)30(42)34-31(35)43)48-24(23)20-47-51(44,46-17-9-15-33)45-16-8-6-4-2-3-5-7-10-29(41)50-36-25(38)12-13-26(36)39/h19,23-24,27H,2-14,16-18,20H2,1H3,(H,34,42,43). The van der Waals surface area contributed by atoms with E-state index in [2.05, 4.69) is 20.9 Å². The molecule has 0 aromatic carbocycles. The van der Waals surface area contributed by atoms with Gasteiger partial charge in [0, 0.05) is 38.3 Å². The van der Waals surface area contributed by atoms with Crippen LogP contribution in [0.25, 0.3) is 0 Å². The molecule has 2 saturated heterocycles. The van der Waals surface area contributed by atoms with Crippen LogP contribution in [-0.4, -0.2) is 76.2 Å². The summed E-state index contributed by atoms with van der Waals surface area (Å²) in [5.74, 6) is -2.57. The van der Waals surface area contributed by atoms with Gasteiger partial charge in [-0.1, -0.05) is 32.1 Å². The third kappa shape index (κ3) is 14.2. The number of amides is 2. The van der Waals surface area contributed by atoms with E-state index in [1.165, 1.54) is 13.1 Å². The largest absolute Gasteiger partial charge is 0.474 e. The number of aromatic amines is 1. The molecular formula is C31H42BrN4O14P. The first kappa shape index (κ1) is 41.9. The molecule has 2 aliphatic rings. The van der Waals surface area contributed by atoms with E-state index in [-0.39, 0.29) is 68.4 Å². The van der Waals surface area contributed by atoms with Gasteiger partial charge < -0.3 is 19.1 Å². The summed E-state index contributed by atoms with van der Waals surface area (Å²) in [6.07, 6.45) is 2.99. The van der Waals surface area contributed by atoms with Crippen molar-refractivity contribution in [1.82, 2.24) is 14.6 Å². The molecule has 282 valence electrons. The number of rotatable bonds is 23. The second kappa shape index (κ2) is 21.1. The summed E-state index contributed by atoms with van der Waals surface area (Å²) in [5.41, 5.74) is -1.43. The molecule has 3 heterocycles. The number of imide groups is 1. The molecule has 51 heavy (non-hydrogen) atoms. The average Bonchev–Trinajstić information content (AvgIpc) is 3.62. The number of unbranched alkanes of at least 4 members (excludes halogenated alkanes) is 6. The Balaban J connectivity index is 1.46.